The van der Waals surface area contributed by atoms with Gasteiger partial charge in [-0.05, 0) is 19.8 Å². The minimum Gasteiger partial charge on any atom is -0.481 e. The molecule has 5 nitrogen and oxygen atoms in total. The van der Waals surface area contributed by atoms with Crippen molar-refractivity contribution in [2.24, 2.45) is 0 Å². The second-order valence-electron chi connectivity index (χ2n) is 5.46. The van der Waals surface area contributed by atoms with Crippen LogP contribution in [0.25, 0.3) is 0 Å². The highest BCUT2D eigenvalue weighted by atomic mass is 32.2. The predicted octanol–water partition coefficient (Wildman–Crippen LogP) is 1.68. The third-order valence-corrected chi connectivity index (χ3v) is 5.33. The lowest BCUT2D eigenvalue weighted by molar-refractivity contribution is -0.138. The molecule has 0 aliphatic carbocycles. The zero-order chi connectivity index (χ0) is 16.3. The first-order valence-electron chi connectivity index (χ1n) is 6.75. The monoisotopic (exact) mass is 331 g/mol. The number of halogens is 3. The van der Waals surface area contributed by atoms with Crippen LogP contribution in [-0.4, -0.2) is 60.7 Å². The second-order valence-corrected chi connectivity index (χ2v) is 7.69. The first kappa shape index (κ1) is 18.2. The fourth-order valence-corrected chi connectivity index (χ4v) is 4.17. The van der Waals surface area contributed by atoms with Crippen LogP contribution in [-0.2, 0) is 14.6 Å². The number of sulfone groups is 1. The zero-order valence-corrected chi connectivity index (χ0v) is 12.6. The van der Waals surface area contributed by atoms with Gasteiger partial charge in [0.1, 0.15) is 0 Å². The van der Waals surface area contributed by atoms with E-state index in [9.17, 15) is 26.4 Å². The molecule has 0 spiro atoms. The summed E-state index contributed by atoms with van der Waals surface area (Å²) in [7, 11) is -3.27. The lowest BCUT2D eigenvalue weighted by atomic mass is 10.1. The molecule has 9 heteroatoms. The number of alkyl halides is 3. The standard InChI is InChI=1S/C12H20F3NO4S/c1-9(3-2-4-12(13,14)15)16-5-6-21(19,20)8-10(16)7-11(17)18/h9-10H,2-8H2,1H3,(H,17,18). The minimum atomic E-state index is -4.20. The molecule has 1 rings (SSSR count). The predicted molar refractivity (Wildman–Crippen MR) is 70.8 cm³/mol. The third-order valence-electron chi connectivity index (χ3n) is 3.63. The van der Waals surface area contributed by atoms with Gasteiger partial charge in [-0.3, -0.25) is 9.69 Å². The average molecular weight is 331 g/mol. The van der Waals surface area contributed by atoms with E-state index in [1.807, 2.05) is 0 Å². The van der Waals surface area contributed by atoms with E-state index < -0.39 is 34.4 Å². The van der Waals surface area contributed by atoms with Crippen molar-refractivity contribution < 1.29 is 31.5 Å². The normalized spacial score (nSPS) is 24.7. The summed E-state index contributed by atoms with van der Waals surface area (Å²) >= 11 is 0. The maximum Gasteiger partial charge on any atom is 0.389 e. The van der Waals surface area contributed by atoms with Gasteiger partial charge in [0, 0.05) is 25.0 Å². The number of nitrogens with zero attached hydrogens (tertiary/aromatic N) is 1. The lowest BCUT2D eigenvalue weighted by Crippen LogP contribution is -2.52. The van der Waals surface area contributed by atoms with E-state index in [0.717, 1.165) is 0 Å². The van der Waals surface area contributed by atoms with Crippen LogP contribution in [0.1, 0.15) is 32.6 Å². The fourth-order valence-electron chi connectivity index (χ4n) is 2.62. The number of rotatable bonds is 6. The van der Waals surface area contributed by atoms with Crippen molar-refractivity contribution >= 4 is 15.8 Å². The molecule has 124 valence electrons. The average Bonchev–Trinajstić information content (AvgIpc) is 2.24. The SMILES string of the molecule is CC(CCCC(F)(F)F)N1CCS(=O)(=O)CC1CC(=O)O. The summed E-state index contributed by atoms with van der Waals surface area (Å²) in [6, 6.07) is -0.936. The number of carboxylic acid groups (broad SMARTS) is 1. The Hall–Kier alpha value is -0.830. The lowest BCUT2D eigenvalue weighted by Gasteiger charge is -2.39. The molecule has 0 aromatic heterocycles. The summed E-state index contributed by atoms with van der Waals surface area (Å²) < 4.78 is 59.6. The van der Waals surface area contributed by atoms with Crippen molar-refractivity contribution in [1.82, 2.24) is 4.90 Å². The van der Waals surface area contributed by atoms with Crippen LogP contribution in [0.3, 0.4) is 0 Å². The van der Waals surface area contributed by atoms with Crippen molar-refractivity contribution in [2.75, 3.05) is 18.1 Å². The Labute approximate surface area is 122 Å². The largest absolute Gasteiger partial charge is 0.481 e. The van der Waals surface area contributed by atoms with Gasteiger partial charge in [0.05, 0.1) is 17.9 Å². The van der Waals surface area contributed by atoms with Gasteiger partial charge in [-0.1, -0.05) is 0 Å². The number of carbonyl (C=O) groups is 1. The summed E-state index contributed by atoms with van der Waals surface area (Å²) in [5, 5.41) is 8.85. The van der Waals surface area contributed by atoms with Gasteiger partial charge in [0.25, 0.3) is 0 Å². The second kappa shape index (κ2) is 6.95. The van der Waals surface area contributed by atoms with Gasteiger partial charge in [0.2, 0.25) is 0 Å². The molecule has 0 aromatic rings. The van der Waals surface area contributed by atoms with Crippen LogP contribution in [0.5, 0.6) is 0 Å². The highest BCUT2D eigenvalue weighted by Crippen LogP contribution is 2.25. The molecule has 2 atom stereocenters. The Morgan fingerprint density at radius 1 is 1.43 bits per heavy atom. The minimum absolute atomic E-state index is 0.0479. The molecule has 1 fully saturated rings. The summed E-state index contributed by atoms with van der Waals surface area (Å²) in [4.78, 5) is 12.5. The third kappa shape index (κ3) is 6.64. The fraction of sp³-hybridized carbons (Fsp3) is 0.917. The Balaban J connectivity index is 2.62. The Morgan fingerprint density at radius 2 is 2.05 bits per heavy atom. The van der Waals surface area contributed by atoms with E-state index in [1.54, 1.807) is 11.8 Å². The maximum atomic E-state index is 12.1. The number of carboxylic acids is 1. The van der Waals surface area contributed by atoms with Crippen LogP contribution in [0.15, 0.2) is 0 Å². The van der Waals surface area contributed by atoms with Gasteiger partial charge in [-0.25, -0.2) is 8.42 Å². The molecule has 0 radical (unpaired) electrons. The van der Waals surface area contributed by atoms with E-state index in [2.05, 4.69) is 0 Å². The van der Waals surface area contributed by atoms with E-state index in [-0.39, 0.29) is 43.4 Å². The smallest absolute Gasteiger partial charge is 0.389 e. The summed E-state index contributed by atoms with van der Waals surface area (Å²) in [5.41, 5.74) is 0. The maximum absolute atomic E-state index is 12.1. The molecule has 0 saturated carbocycles. The number of aliphatic carboxylic acids is 1. The van der Waals surface area contributed by atoms with Crippen molar-refractivity contribution in [2.45, 2.75) is 50.9 Å². The molecule has 0 bridgehead atoms. The molecule has 1 aliphatic heterocycles. The Morgan fingerprint density at radius 3 is 2.57 bits per heavy atom. The highest BCUT2D eigenvalue weighted by molar-refractivity contribution is 7.91. The summed E-state index contributed by atoms with van der Waals surface area (Å²) in [5.74, 6) is -1.43. The summed E-state index contributed by atoms with van der Waals surface area (Å²) in [6.45, 7) is 1.89. The Kier molecular flexibility index (Phi) is 6.03. The van der Waals surface area contributed by atoms with Gasteiger partial charge >= 0.3 is 12.1 Å². The van der Waals surface area contributed by atoms with E-state index in [1.165, 1.54) is 0 Å². The van der Waals surface area contributed by atoms with Crippen LogP contribution in [0, 0.1) is 0 Å². The highest BCUT2D eigenvalue weighted by Gasteiger charge is 2.35. The van der Waals surface area contributed by atoms with Gasteiger partial charge in [-0.2, -0.15) is 13.2 Å². The van der Waals surface area contributed by atoms with Crippen molar-refractivity contribution in [3.8, 4) is 0 Å². The molecule has 1 aliphatic rings. The van der Waals surface area contributed by atoms with Crippen molar-refractivity contribution in [3.05, 3.63) is 0 Å². The van der Waals surface area contributed by atoms with Crippen LogP contribution < -0.4 is 0 Å². The molecule has 2 unspecified atom stereocenters. The number of hydrogen-bond donors (Lipinski definition) is 1. The molecule has 1 saturated heterocycles. The first-order valence-corrected chi connectivity index (χ1v) is 8.57. The van der Waals surface area contributed by atoms with Gasteiger partial charge in [-0.15, -0.1) is 0 Å². The molecule has 1 heterocycles. The number of hydrogen-bond acceptors (Lipinski definition) is 4. The van der Waals surface area contributed by atoms with Gasteiger partial charge < -0.3 is 5.11 Å². The van der Waals surface area contributed by atoms with Crippen molar-refractivity contribution in [3.63, 3.8) is 0 Å². The van der Waals surface area contributed by atoms with Crippen LogP contribution in [0.4, 0.5) is 13.2 Å². The molecule has 21 heavy (non-hydrogen) atoms. The Bertz CT molecular complexity index is 464. The molecular formula is C12H20F3NO4S. The van der Waals surface area contributed by atoms with Crippen molar-refractivity contribution in [1.29, 1.82) is 0 Å². The van der Waals surface area contributed by atoms with E-state index in [4.69, 9.17) is 5.11 Å². The molecule has 0 amide bonds. The van der Waals surface area contributed by atoms with Crippen LogP contribution >= 0.6 is 0 Å². The quantitative estimate of drug-likeness (QED) is 0.801. The summed E-state index contributed by atoms with van der Waals surface area (Å²) in [6.07, 6.45) is -5.19. The molecule has 0 aromatic carbocycles. The van der Waals surface area contributed by atoms with Crippen LogP contribution in [0.2, 0.25) is 0 Å². The van der Waals surface area contributed by atoms with E-state index in [0.29, 0.717) is 0 Å². The first-order chi connectivity index (χ1) is 9.50. The van der Waals surface area contributed by atoms with Gasteiger partial charge in [0.15, 0.2) is 9.84 Å². The topological polar surface area (TPSA) is 74.7 Å². The van der Waals surface area contributed by atoms with E-state index >= 15 is 0 Å². The zero-order valence-electron chi connectivity index (χ0n) is 11.8. The molecular weight excluding hydrogens is 311 g/mol. The molecule has 1 N–H and O–H groups in total.